The summed E-state index contributed by atoms with van der Waals surface area (Å²) in [7, 11) is 0. The van der Waals surface area contributed by atoms with Crippen LogP contribution < -0.4 is 5.32 Å². The topological polar surface area (TPSA) is 103 Å². The molecule has 0 spiro atoms. The summed E-state index contributed by atoms with van der Waals surface area (Å²) in [6, 6.07) is 0. The maximum Gasteiger partial charge on any atom is 0.341 e. The lowest BCUT2D eigenvalue weighted by molar-refractivity contribution is 0.0526. The zero-order chi connectivity index (χ0) is 17.4. The molecule has 0 saturated heterocycles. The van der Waals surface area contributed by atoms with E-state index in [1.54, 1.807) is 6.92 Å². The molecule has 0 unspecified atom stereocenters. The number of carbonyl (C=O) groups excluding carboxylic acids is 1. The molecule has 1 N–H and O–H groups in total. The second-order valence-electron chi connectivity index (χ2n) is 5.53. The predicted octanol–water partition coefficient (Wildman–Crippen LogP) is 3.53. The molecule has 3 heterocycles. The molecule has 3 aromatic rings. The van der Waals surface area contributed by atoms with E-state index in [1.807, 2.05) is 0 Å². The van der Waals surface area contributed by atoms with Crippen molar-refractivity contribution >= 4 is 51.0 Å². The van der Waals surface area contributed by atoms with Crippen LogP contribution in [0.25, 0.3) is 11.3 Å². The molecular formula is C15H14ClN5O3S. The number of esters is 1. The molecule has 130 valence electrons. The van der Waals surface area contributed by atoms with Crippen molar-refractivity contribution in [3.63, 3.8) is 0 Å². The van der Waals surface area contributed by atoms with E-state index in [-0.39, 0.29) is 22.4 Å². The van der Waals surface area contributed by atoms with E-state index >= 15 is 0 Å². The molecule has 0 bridgehead atoms. The molecular weight excluding hydrogens is 366 g/mol. The molecule has 8 nitrogen and oxygen atoms in total. The van der Waals surface area contributed by atoms with Crippen LogP contribution in [0.5, 0.6) is 0 Å². The zero-order valence-electron chi connectivity index (χ0n) is 13.3. The van der Waals surface area contributed by atoms with E-state index in [0.717, 1.165) is 31.2 Å². The number of fused-ring (bicyclic) bond motifs is 2. The molecule has 3 aromatic heterocycles. The van der Waals surface area contributed by atoms with Gasteiger partial charge < -0.3 is 10.1 Å². The van der Waals surface area contributed by atoms with Gasteiger partial charge in [0.25, 0.3) is 0 Å². The van der Waals surface area contributed by atoms with E-state index in [2.05, 4.69) is 30.2 Å². The van der Waals surface area contributed by atoms with Gasteiger partial charge in [0.1, 0.15) is 5.00 Å². The average Bonchev–Trinajstić information content (AvgIpc) is 3.18. The van der Waals surface area contributed by atoms with Crippen LogP contribution in [-0.4, -0.2) is 32.9 Å². The summed E-state index contributed by atoms with van der Waals surface area (Å²) in [5, 5.41) is 11.2. The van der Waals surface area contributed by atoms with Crippen LogP contribution in [0.1, 0.15) is 40.6 Å². The Morgan fingerprint density at radius 3 is 2.84 bits per heavy atom. The van der Waals surface area contributed by atoms with Crippen LogP contribution in [0.2, 0.25) is 5.15 Å². The van der Waals surface area contributed by atoms with Crippen LogP contribution >= 0.6 is 22.9 Å². The first-order valence-electron chi connectivity index (χ1n) is 7.92. The van der Waals surface area contributed by atoms with E-state index in [4.69, 9.17) is 16.3 Å². The first kappa shape index (κ1) is 16.2. The van der Waals surface area contributed by atoms with Crippen LogP contribution in [0.15, 0.2) is 4.63 Å². The number of thiophene rings is 1. The summed E-state index contributed by atoms with van der Waals surface area (Å²) >= 11 is 7.70. The number of nitrogens with one attached hydrogen (secondary N) is 1. The molecule has 0 aliphatic heterocycles. The van der Waals surface area contributed by atoms with E-state index in [9.17, 15) is 4.79 Å². The number of aryl methyl sites for hydroxylation is 1. The lowest BCUT2D eigenvalue weighted by atomic mass is 9.95. The molecule has 4 rings (SSSR count). The minimum absolute atomic E-state index is 0.129. The van der Waals surface area contributed by atoms with Crippen molar-refractivity contribution in [3.05, 3.63) is 21.2 Å². The first-order chi connectivity index (χ1) is 12.2. The van der Waals surface area contributed by atoms with Gasteiger partial charge in [-0.1, -0.05) is 11.6 Å². The lowest BCUT2D eigenvalue weighted by Crippen LogP contribution is -2.11. The SMILES string of the molecule is CCOC(=O)c1c(Nc2nc3nonc3nc2Cl)sc2c1CCCC2. The van der Waals surface area contributed by atoms with E-state index < -0.39 is 0 Å². The number of anilines is 2. The van der Waals surface area contributed by atoms with Crippen molar-refractivity contribution in [1.82, 2.24) is 20.3 Å². The van der Waals surface area contributed by atoms with Gasteiger partial charge in [-0.2, -0.15) is 0 Å². The van der Waals surface area contributed by atoms with Gasteiger partial charge in [-0.15, -0.1) is 11.3 Å². The number of carbonyl (C=O) groups is 1. The quantitative estimate of drug-likeness (QED) is 0.686. The molecule has 0 atom stereocenters. The van der Waals surface area contributed by atoms with Gasteiger partial charge in [0.2, 0.25) is 11.3 Å². The number of ether oxygens (including phenoxy) is 1. The predicted molar refractivity (Wildman–Crippen MR) is 92.6 cm³/mol. The Balaban J connectivity index is 1.77. The number of aromatic nitrogens is 4. The summed E-state index contributed by atoms with van der Waals surface area (Å²) < 4.78 is 9.84. The maximum absolute atomic E-state index is 12.5. The normalized spacial score (nSPS) is 13.7. The first-order valence-corrected chi connectivity index (χ1v) is 9.11. The zero-order valence-corrected chi connectivity index (χ0v) is 14.9. The molecule has 25 heavy (non-hydrogen) atoms. The van der Waals surface area contributed by atoms with Gasteiger partial charge in [-0.05, 0) is 48.5 Å². The Kier molecular flexibility index (Phi) is 4.26. The van der Waals surface area contributed by atoms with E-state index in [0.29, 0.717) is 23.0 Å². The van der Waals surface area contributed by atoms with Gasteiger partial charge in [0.15, 0.2) is 11.0 Å². The molecule has 1 aliphatic rings. The molecule has 0 fully saturated rings. The Bertz CT molecular complexity index is 954. The number of hydrogen-bond donors (Lipinski definition) is 1. The fourth-order valence-electron chi connectivity index (χ4n) is 2.88. The smallest absolute Gasteiger partial charge is 0.341 e. The largest absolute Gasteiger partial charge is 0.462 e. The number of hydrogen-bond acceptors (Lipinski definition) is 9. The minimum Gasteiger partial charge on any atom is -0.462 e. The second-order valence-corrected chi connectivity index (χ2v) is 7.00. The van der Waals surface area contributed by atoms with Crippen LogP contribution in [0.3, 0.4) is 0 Å². The Labute approximate surface area is 151 Å². The number of halogens is 1. The second kappa shape index (κ2) is 6.57. The third-order valence-electron chi connectivity index (χ3n) is 3.95. The summed E-state index contributed by atoms with van der Waals surface area (Å²) in [4.78, 5) is 22.0. The van der Waals surface area contributed by atoms with Crippen molar-refractivity contribution < 1.29 is 14.2 Å². The summed E-state index contributed by atoms with van der Waals surface area (Å²) in [6.07, 6.45) is 4.01. The number of nitrogens with zero attached hydrogens (tertiary/aromatic N) is 4. The fourth-order valence-corrected chi connectivity index (χ4v) is 4.32. The highest BCUT2D eigenvalue weighted by atomic mass is 35.5. The highest BCUT2D eigenvalue weighted by molar-refractivity contribution is 7.16. The third-order valence-corrected chi connectivity index (χ3v) is 5.43. The average molecular weight is 380 g/mol. The molecule has 0 radical (unpaired) electrons. The van der Waals surface area contributed by atoms with Gasteiger partial charge >= 0.3 is 5.97 Å². The fraction of sp³-hybridized carbons (Fsp3) is 0.400. The summed E-state index contributed by atoms with van der Waals surface area (Å²) in [5.41, 5.74) is 2.10. The van der Waals surface area contributed by atoms with Gasteiger partial charge in [-0.3, -0.25) is 0 Å². The molecule has 0 amide bonds. The van der Waals surface area contributed by atoms with Crippen LogP contribution in [0, 0.1) is 0 Å². The van der Waals surface area contributed by atoms with Gasteiger partial charge in [0, 0.05) is 4.88 Å². The highest BCUT2D eigenvalue weighted by Crippen LogP contribution is 2.40. The summed E-state index contributed by atoms with van der Waals surface area (Å²) in [5.74, 6) is -0.0355. The van der Waals surface area contributed by atoms with E-state index in [1.165, 1.54) is 16.2 Å². The highest BCUT2D eigenvalue weighted by Gasteiger charge is 2.27. The number of rotatable bonds is 4. The van der Waals surface area contributed by atoms with Crippen molar-refractivity contribution in [2.45, 2.75) is 32.6 Å². The third kappa shape index (κ3) is 2.93. The van der Waals surface area contributed by atoms with Crippen molar-refractivity contribution in [2.24, 2.45) is 0 Å². The molecule has 1 aliphatic carbocycles. The van der Waals surface area contributed by atoms with Gasteiger partial charge in [0.05, 0.1) is 12.2 Å². The Morgan fingerprint density at radius 2 is 2.04 bits per heavy atom. The van der Waals surface area contributed by atoms with Gasteiger partial charge in [-0.25, -0.2) is 19.4 Å². The summed E-state index contributed by atoms with van der Waals surface area (Å²) in [6.45, 7) is 2.11. The molecule has 0 saturated carbocycles. The lowest BCUT2D eigenvalue weighted by Gasteiger charge is -2.12. The Morgan fingerprint density at radius 1 is 1.28 bits per heavy atom. The van der Waals surface area contributed by atoms with Crippen LogP contribution in [-0.2, 0) is 17.6 Å². The maximum atomic E-state index is 12.5. The van der Waals surface area contributed by atoms with Crippen molar-refractivity contribution in [2.75, 3.05) is 11.9 Å². The van der Waals surface area contributed by atoms with Crippen molar-refractivity contribution in [3.8, 4) is 0 Å². The molecule has 0 aromatic carbocycles. The van der Waals surface area contributed by atoms with Crippen LogP contribution in [0.4, 0.5) is 10.8 Å². The monoisotopic (exact) mass is 379 g/mol. The Hall–Kier alpha value is -2.26. The molecule has 10 heteroatoms. The van der Waals surface area contributed by atoms with Crippen molar-refractivity contribution in [1.29, 1.82) is 0 Å². The minimum atomic E-state index is -0.335. The standard InChI is InChI=1S/C15H14ClN5O3S/c1-2-23-15(22)9-7-5-3-4-6-8(7)25-14(9)19-11-10(16)17-12-13(18-11)21-24-20-12/h2-6H2,1H3,(H,18,19,21).